The van der Waals surface area contributed by atoms with Crippen LogP contribution in [0.4, 0.5) is 8.78 Å². The van der Waals surface area contributed by atoms with Gasteiger partial charge in [-0.1, -0.05) is 0 Å². The van der Waals surface area contributed by atoms with E-state index in [4.69, 9.17) is 10.5 Å². The Labute approximate surface area is 108 Å². The van der Waals surface area contributed by atoms with Gasteiger partial charge >= 0.3 is 12.5 Å². The number of halogens is 2. The summed E-state index contributed by atoms with van der Waals surface area (Å²) in [5.41, 5.74) is 5.82. The van der Waals surface area contributed by atoms with Gasteiger partial charge in [-0.3, -0.25) is 9.59 Å². The molecule has 0 aliphatic carbocycles. The number of carbonyl (C=O) groups is 2. The Balaban J connectivity index is 2.83. The molecule has 1 unspecified atom stereocenters. The fraction of sp³-hybridized carbons (Fsp3) is 0.545. The number of carbonyl (C=O) groups excluding carboxylic acids is 2. The number of alkyl halides is 2. The number of aryl methyl sites for hydroxylation is 1. The Bertz CT molecular complexity index is 500. The van der Waals surface area contributed by atoms with E-state index in [-0.39, 0.29) is 12.1 Å². The summed E-state index contributed by atoms with van der Waals surface area (Å²) in [5.74, 6) is -1.49. The zero-order valence-electron chi connectivity index (χ0n) is 10.8. The molecule has 0 aliphatic heterocycles. The number of hydrogen-bond acceptors (Lipinski definition) is 4. The molecule has 1 aromatic heterocycles. The van der Waals surface area contributed by atoms with Crippen molar-refractivity contribution in [1.29, 1.82) is 0 Å². The van der Waals surface area contributed by atoms with Crippen LogP contribution < -0.4 is 5.73 Å². The van der Waals surface area contributed by atoms with Gasteiger partial charge < -0.3 is 10.5 Å². The quantitative estimate of drug-likeness (QED) is 0.807. The van der Waals surface area contributed by atoms with Gasteiger partial charge in [0.1, 0.15) is 0 Å². The average molecular weight is 275 g/mol. The summed E-state index contributed by atoms with van der Waals surface area (Å²) in [7, 11) is 0. The Morgan fingerprint density at radius 1 is 1.42 bits per heavy atom. The summed E-state index contributed by atoms with van der Waals surface area (Å²) in [6.07, 6.45) is -1.29. The molecule has 1 atom stereocenters. The van der Waals surface area contributed by atoms with Gasteiger partial charge in [-0.2, -0.15) is 13.9 Å². The topological polar surface area (TPSA) is 87.2 Å². The maximum atomic E-state index is 12.6. The van der Waals surface area contributed by atoms with Crippen LogP contribution in [0.15, 0.2) is 0 Å². The van der Waals surface area contributed by atoms with E-state index in [2.05, 4.69) is 5.10 Å². The average Bonchev–Trinajstić information content (AvgIpc) is 2.56. The van der Waals surface area contributed by atoms with Gasteiger partial charge in [0.25, 0.3) is 5.91 Å². The first-order chi connectivity index (χ1) is 8.73. The summed E-state index contributed by atoms with van der Waals surface area (Å²) in [6, 6.07) is 0. The molecule has 0 aliphatic rings. The van der Waals surface area contributed by atoms with Gasteiger partial charge in [0.15, 0.2) is 6.10 Å². The Hall–Kier alpha value is -1.99. The lowest BCUT2D eigenvalue weighted by molar-refractivity contribution is -0.153. The van der Waals surface area contributed by atoms with Crippen molar-refractivity contribution in [2.45, 2.75) is 39.8 Å². The Morgan fingerprint density at radius 3 is 2.42 bits per heavy atom. The molecule has 1 aromatic rings. The molecule has 0 aromatic carbocycles. The highest BCUT2D eigenvalue weighted by atomic mass is 19.3. The molecular formula is C11H15F2N3O3. The standard InChI is InChI=1S/C11H15F2N3O3/c1-5-8(6(2)16(15-5)11(12)13)4-9(17)19-7(3)10(14)18/h7,11H,4H2,1-3H3,(H2,14,18). The highest BCUT2D eigenvalue weighted by Crippen LogP contribution is 2.20. The lowest BCUT2D eigenvalue weighted by Crippen LogP contribution is -2.31. The maximum absolute atomic E-state index is 12.6. The maximum Gasteiger partial charge on any atom is 0.333 e. The molecular weight excluding hydrogens is 260 g/mol. The van der Waals surface area contributed by atoms with E-state index < -0.39 is 24.5 Å². The summed E-state index contributed by atoms with van der Waals surface area (Å²) in [5, 5.41) is 3.64. The highest BCUT2D eigenvalue weighted by Gasteiger charge is 2.21. The van der Waals surface area contributed by atoms with Crippen molar-refractivity contribution in [3.8, 4) is 0 Å². The van der Waals surface area contributed by atoms with Gasteiger partial charge in [0, 0.05) is 11.3 Å². The van der Waals surface area contributed by atoms with E-state index >= 15 is 0 Å². The van der Waals surface area contributed by atoms with Crippen LogP contribution in [0.3, 0.4) is 0 Å². The fourth-order valence-corrected chi connectivity index (χ4v) is 1.58. The molecule has 19 heavy (non-hydrogen) atoms. The number of nitrogens with two attached hydrogens (primary N) is 1. The first kappa shape index (κ1) is 15.1. The lowest BCUT2D eigenvalue weighted by Gasteiger charge is -2.09. The highest BCUT2D eigenvalue weighted by molar-refractivity contribution is 5.82. The van der Waals surface area contributed by atoms with E-state index in [1.807, 2.05) is 0 Å². The summed E-state index contributed by atoms with van der Waals surface area (Å²) in [6.45, 7) is 1.52. The number of esters is 1. The molecule has 0 spiro atoms. The minimum Gasteiger partial charge on any atom is -0.452 e. The second-order valence-corrected chi connectivity index (χ2v) is 4.08. The van der Waals surface area contributed by atoms with Crippen molar-refractivity contribution in [2.24, 2.45) is 5.73 Å². The number of aromatic nitrogens is 2. The third-order valence-corrected chi connectivity index (χ3v) is 2.69. The molecule has 0 radical (unpaired) electrons. The molecule has 2 N–H and O–H groups in total. The zero-order chi connectivity index (χ0) is 14.7. The minimum atomic E-state index is -2.77. The molecule has 1 rings (SSSR count). The normalized spacial score (nSPS) is 12.5. The van der Waals surface area contributed by atoms with Crippen LogP contribution in [-0.2, 0) is 20.7 Å². The van der Waals surface area contributed by atoms with E-state index in [9.17, 15) is 18.4 Å². The predicted molar refractivity (Wildman–Crippen MR) is 61.4 cm³/mol. The largest absolute Gasteiger partial charge is 0.452 e. The van der Waals surface area contributed by atoms with Gasteiger partial charge in [-0.15, -0.1) is 0 Å². The summed E-state index contributed by atoms with van der Waals surface area (Å²) in [4.78, 5) is 22.3. The van der Waals surface area contributed by atoms with Gasteiger partial charge in [0.05, 0.1) is 12.1 Å². The van der Waals surface area contributed by atoms with Crippen LogP contribution in [0.1, 0.15) is 30.4 Å². The number of nitrogens with zero attached hydrogens (tertiary/aromatic N) is 2. The molecule has 0 saturated carbocycles. The van der Waals surface area contributed by atoms with Crippen LogP contribution in [0.25, 0.3) is 0 Å². The minimum absolute atomic E-state index is 0.191. The summed E-state index contributed by atoms with van der Waals surface area (Å²) < 4.78 is 30.5. The van der Waals surface area contributed by atoms with Crippen molar-refractivity contribution in [2.75, 3.05) is 0 Å². The van der Waals surface area contributed by atoms with Crippen LogP contribution >= 0.6 is 0 Å². The number of amides is 1. The van der Waals surface area contributed by atoms with Gasteiger partial charge in [0.2, 0.25) is 0 Å². The predicted octanol–water partition coefficient (Wildman–Crippen LogP) is 0.855. The Kier molecular flexibility index (Phi) is 4.57. The SMILES string of the molecule is Cc1nn(C(F)F)c(C)c1CC(=O)OC(C)C(N)=O. The van der Waals surface area contributed by atoms with Crippen LogP contribution in [0, 0.1) is 13.8 Å². The molecule has 1 heterocycles. The Morgan fingerprint density at radius 2 is 2.00 bits per heavy atom. The molecule has 1 amide bonds. The number of rotatable bonds is 5. The van der Waals surface area contributed by atoms with Crippen molar-refractivity contribution in [1.82, 2.24) is 9.78 Å². The van der Waals surface area contributed by atoms with Crippen molar-refractivity contribution >= 4 is 11.9 Å². The molecule has 8 heteroatoms. The molecule has 0 saturated heterocycles. The van der Waals surface area contributed by atoms with Crippen molar-refractivity contribution < 1.29 is 23.1 Å². The molecule has 106 valence electrons. The van der Waals surface area contributed by atoms with E-state index in [1.54, 1.807) is 0 Å². The van der Waals surface area contributed by atoms with E-state index in [1.165, 1.54) is 20.8 Å². The lowest BCUT2D eigenvalue weighted by atomic mass is 10.1. The van der Waals surface area contributed by atoms with Crippen LogP contribution in [-0.4, -0.2) is 27.8 Å². The zero-order valence-corrected chi connectivity index (χ0v) is 10.8. The van der Waals surface area contributed by atoms with Crippen molar-refractivity contribution in [3.05, 3.63) is 17.0 Å². The van der Waals surface area contributed by atoms with Gasteiger partial charge in [-0.25, -0.2) is 4.68 Å². The first-order valence-corrected chi connectivity index (χ1v) is 5.55. The van der Waals surface area contributed by atoms with E-state index in [0.717, 1.165) is 0 Å². The van der Waals surface area contributed by atoms with Crippen LogP contribution in [0.5, 0.6) is 0 Å². The summed E-state index contributed by atoms with van der Waals surface area (Å²) >= 11 is 0. The molecule has 0 fully saturated rings. The van der Waals surface area contributed by atoms with Crippen LogP contribution in [0.2, 0.25) is 0 Å². The third kappa shape index (κ3) is 3.49. The number of ether oxygens (including phenoxy) is 1. The molecule has 0 bridgehead atoms. The van der Waals surface area contributed by atoms with Gasteiger partial charge in [-0.05, 0) is 20.8 Å². The molecule has 6 nitrogen and oxygen atoms in total. The smallest absolute Gasteiger partial charge is 0.333 e. The first-order valence-electron chi connectivity index (χ1n) is 5.55. The fourth-order valence-electron chi connectivity index (χ4n) is 1.58. The number of primary amides is 1. The number of hydrogen-bond donors (Lipinski definition) is 1. The van der Waals surface area contributed by atoms with E-state index in [0.29, 0.717) is 15.9 Å². The second-order valence-electron chi connectivity index (χ2n) is 4.08. The second kappa shape index (κ2) is 5.77. The monoisotopic (exact) mass is 275 g/mol. The third-order valence-electron chi connectivity index (χ3n) is 2.69. The van der Waals surface area contributed by atoms with Crippen molar-refractivity contribution in [3.63, 3.8) is 0 Å².